The second kappa shape index (κ2) is 5.94. The summed E-state index contributed by atoms with van der Waals surface area (Å²) >= 11 is 0. The van der Waals surface area contributed by atoms with E-state index in [9.17, 15) is 17.6 Å². The SMILES string of the molecule is Cc1c2ccc(Nc3cc(C(F)(F)F)nc4c(F)cccc34)cc2nn1C. The first-order chi connectivity index (χ1) is 12.7. The van der Waals surface area contributed by atoms with Crippen molar-refractivity contribution in [1.29, 1.82) is 0 Å². The van der Waals surface area contributed by atoms with Gasteiger partial charge in [0.15, 0.2) is 0 Å². The topological polar surface area (TPSA) is 42.7 Å². The van der Waals surface area contributed by atoms with Crippen molar-refractivity contribution in [2.24, 2.45) is 7.05 Å². The number of pyridine rings is 1. The summed E-state index contributed by atoms with van der Waals surface area (Å²) in [6.45, 7) is 1.93. The van der Waals surface area contributed by atoms with Crippen LogP contribution in [0.5, 0.6) is 0 Å². The quantitative estimate of drug-likeness (QED) is 0.482. The van der Waals surface area contributed by atoms with Gasteiger partial charge < -0.3 is 5.32 Å². The molecule has 0 aliphatic carbocycles. The summed E-state index contributed by atoms with van der Waals surface area (Å²) in [7, 11) is 1.82. The first-order valence-electron chi connectivity index (χ1n) is 8.11. The van der Waals surface area contributed by atoms with Crippen LogP contribution in [0, 0.1) is 12.7 Å². The van der Waals surface area contributed by atoms with E-state index in [4.69, 9.17) is 0 Å². The molecule has 27 heavy (non-hydrogen) atoms. The third-order valence-corrected chi connectivity index (χ3v) is 4.49. The lowest BCUT2D eigenvalue weighted by atomic mass is 10.1. The van der Waals surface area contributed by atoms with Crippen LogP contribution in [0.3, 0.4) is 0 Å². The third kappa shape index (κ3) is 2.97. The van der Waals surface area contributed by atoms with Crippen LogP contribution < -0.4 is 5.32 Å². The maximum Gasteiger partial charge on any atom is 0.433 e. The molecular formula is C19H14F4N4. The van der Waals surface area contributed by atoms with E-state index in [1.807, 2.05) is 20.0 Å². The average molecular weight is 374 g/mol. The number of halogens is 4. The minimum absolute atomic E-state index is 0.124. The molecule has 0 saturated carbocycles. The van der Waals surface area contributed by atoms with Gasteiger partial charge in [-0.1, -0.05) is 12.1 Å². The van der Waals surface area contributed by atoms with Crippen molar-refractivity contribution in [3.63, 3.8) is 0 Å². The molecule has 0 radical (unpaired) electrons. The van der Waals surface area contributed by atoms with Crippen LogP contribution in [0.15, 0.2) is 42.5 Å². The maximum absolute atomic E-state index is 14.1. The van der Waals surface area contributed by atoms with E-state index in [-0.39, 0.29) is 16.6 Å². The smallest absolute Gasteiger partial charge is 0.355 e. The molecule has 0 bridgehead atoms. The number of nitrogens with zero attached hydrogens (tertiary/aromatic N) is 3. The molecule has 8 heteroatoms. The van der Waals surface area contributed by atoms with Crippen LogP contribution in [0.1, 0.15) is 11.4 Å². The molecule has 0 fully saturated rings. The monoisotopic (exact) mass is 374 g/mol. The van der Waals surface area contributed by atoms with Crippen LogP contribution >= 0.6 is 0 Å². The highest BCUT2D eigenvalue weighted by Crippen LogP contribution is 2.35. The van der Waals surface area contributed by atoms with Crippen molar-refractivity contribution < 1.29 is 17.6 Å². The first-order valence-corrected chi connectivity index (χ1v) is 8.11. The maximum atomic E-state index is 14.1. The van der Waals surface area contributed by atoms with Crippen LogP contribution in [0.25, 0.3) is 21.8 Å². The first kappa shape index (κ1) is 17.3. The highest BCUT2D eigenvalue weighted by atomic mass is 19.4. The van der Waals surface area contributed by atoms with Crippen molar-refractivity contribution in [3.8, 4) is 0 Å². The van der Waals surface area contributed by atoms with Crippen molar-refractivity contribution in [1.82, 2.24) is 14.8 Å². The molecular weight excluding hydrogens is 360 g/mol. The molecule has 1 N–H and O–H groups in total. The van der Waals surface area contributed by atoms with Gasteiger partial charge in [0, 0.05) is 29.2 Å². The van der Waals surface area contributed by atoms with Crippen molar-refractivity contribution in [2.75, 3.05) is 5.32 Å². The summed E-state index contributed by atoms with van der Waals surface area (Å²) in [4.78, 5) is 3.46. The summed E-state index contributed by atoms with van der Waals surface area (Å²) < 4.78 is 55.4. The summed E-state index contributed by atoms with van der Waals surface area (Å²) in [5.74, 6) is -0.808. The molecule has 4 nitrogen and oxygen atoms in total. The molecule has 138 valence electrons. The second-order valence-electron chi connectivity index (χ2n) is 6.25. The van der Waals surface area contributed by atoms with Gasteiger partial charge in [-0.15, -0.1) is 0 Å². The molecule has 0 aliphatic heterocycles. The minimum atomic E-state index is -4.69. The average Bonchev–Trinajstić information content (AvgIpc) is 2.88. The molecule has 0 amide bonds. The molecule has 0 unspecified atom stereocenters. The molecule has 4 rings (SSSR count). The Hall–Kier alpha value is -3.16. The minimum Gasteiger partial charge on any atom is -0.355 e. The lowest BCUT2D eigenvalue weighted by molar-refractivity contribution is -0.140. The summed E-state index contributed by atoms with van der Waals surface area (Å²) in [6, 6.07) is 10.3. The number of benzene rings is 2. The fourth-order valence-corrected chi connectivity index (χ4v) is 3.03. The van der Waals surface area contributed by atoms with Gasteiger partial charge in [-0.2, -0.15) is 18.3 Å². The molecule has 0 aliphatic rings. The van der Waals surface area contributed by atoms with Gasteiger partial charge in [-0.05, 0) is 37.3 Å². The normalized spacial score (nSPS) is 12.1. The van der Waals surface area contributed by atoms with Crippen LogP contribution in [0.4, 0.5) is 28.9 Å². The van der Waals surface area contributed by atoms with Crippen molar-refractivity contribution in [3.05, 3.63) is 59.7 Å². The van der Waals surface area contributed by atoms with Gasteiger partial charge in [0.1, 0.15) is 17.0 Å². The Labute approximate surface area is 151 Å². The van der Waals surface area contributed by atoms with Crippen molar-refractivity contribution in [2.45, 2.75) is 13.1 Å². The molecule has 0 saturated heterocycles. The predicted octanol–water partition coefficient (Wildman–Crippen LogP) is 5.33. The Morgan fingerprint density at radius 1 is 1.04 bits per heavy atom. The van der Waals surface area contributed by atoms with Gasteiger partial charge in [-0.3, -0.25) is 4.68 Å². The lowest BCUT2D eigenvalue weighted by Gasteiger charge is -2.14. The van der Waals surface area contributed by atoms with Crippen LogP contribution in [-0.4, -0.2) is 14.8 Å². The summed E-state index contributed by atoms with van der Waals surface area (Å²) in [5.41, 5.74) is 0.874. The molecule has 0 atom stereocenters. The van der Waals surface area contributed by atoms with E-state index in [1.165, 1.54) is 12.1 Å². The zero-order valence-corrected chi connectivity index (χ0v) is 14.4. The Balaban J connectivity index is 1.87. The predicted molar refractivity (Wildman–Crippen MR) is 95.4 cm³/mol. The highest BCUT2D eigenvalue weighted by molar-refractivity contribution is 5.94. The van der Waals surface area contributed by atoms with E-state index in [1.54, 1.807) is 16.8 Å². The number of anilines is 2. The highest BCUT2D eigenvalue weighted by Gasteiger charge is 2.33. The molecule has 0 spiro atoms. The number of hydrogen-bond acceptors (Lipinski definition) is 3. The number of hydrogen-bond donors (Lipinski definition) is 1. The van der Waals surface area contributed by atoms with Gasteiger partial charge in [0.05, 0.1) is 11.2 Å². The number of aryl methyl sites for hydroxylation is 2. The zero-order valence-electron chi connectivity index (χ0n) is 14.4. The molecule has 2 heterocycles. The largest absolute Gasteiger partial charge is 0.433 e. The van der Waals surface area contributed by atoms with Gasteiger partial charge >= 0.3 is 6.18 Å². The number of aromatic nitrogens is 3. The Kier molecular flexibility index (Phi) is 3.80. The fraction of sp³-hybridized carbons (Fsp3) is 0.158. The number of rotatable bonds is 2. The van der Waals surface area contributed by atoms with E-state index < -0.39 is 17.7 Å². The van der Waals surface area contributed by atoms with Crippen LogP contribution in [0.2, 0.25) is 0 Å². The lowest BCUT2D eigenvalue weighted by Crippen LogP contribution is -2.09. The standard InChI is InChI=1S/C19H14F4N4/c1-10-12-7-6-11(8-16(12)26-27(10)2)24-15-9-17(19(21,22)23)25-18-13(15)4-3-5-14(18)20/h3-9H,1-2H3,(H,24,25). The Bertz CT molecular complexity index is 1180. The van der Waals surface area contributed by atoms with Gasteiger partial charge in [0.2, 0.25) is 0 Å². The number of alkyl halides is 3. The summed E-state index contributed by atoms with van der Waals surface area (Å²) in [5, 5.41) is 8.54. The fourth-order valence-electron chi connectivity index (χ4n) is 3.03. The van der Waals surface area contributed by atoms with Crippen LogP contribution in [-0.2, 0) is 13.2 Å². The molecule has 2 aromatic carbocycles. The summed E-state index contributed by atoms with van der Waals surface area (Å²) in [6.07, 6.45) is -4.69. The number of para-hydroxylation sites is 1. The second-order valence-corrected chi connectivity index (χ2v) is 6.25. The molecule has 2 aromatic heterocycles. The van der Waals surface area contributed by atoms with E-state index in [2.05, 4.69) is 15.4 Å². The number of fused-ring (bicyclic) bond motifs is 2. The Morgan fingerprint density at radius 3 is 2.56 bits per heavy atom. The molecule has 4 aromatic rings. The van der Waals surface area contributed by atoms with Crippen molar-refractivity contribution >= 4 is 33.2 Å². The Morgan fingerprint density at radius 2 is 1.81 bits per heavy atom. The third-order valence-electron chi connectivity index (χ3n) is 4.49. The number of nitrogens with one attached hydrogen (secondary N) is 1. The van der Waals surface area contributed by atoms with E-state index in [0.717, 1.165) is 23.2 Å². The van der Waals surface area contributed by atoms with E-state index >= 15 is 0 Å². The van der Waals surface area contributed by atoms with Gasteiger partial charge in [0.25, 0.3) is 0 Å². The van der Waals surface area contributed by atoms with Gasteiger partial charge in [-0.25, -0.2) is 9.37 Å². The zero-order chi connectivity index (χ0) is 19.3. The van der Waals surface area contributed by atoms with E-state index in [0.29, 0.717) is 11.2 Å².